The van der Waals surface area contributed by atoms with Crippen LogP contribution in [0.4, 0.5) is 11.6 Å². The van der Waals surface area contributed by atoms with Crippen LogP contribution in [0.5, 0.6) is 23.1 Å². The number of anilines is 2. The Morgan fingerprint density at radius 3 is 2.33 bits per heavy atom. The van der Waals surface area contributed by atoms with Crippen molar-refractivity contribution >= 4 is 28.9 Å². The summed E-state index contributed by atoms with van der Waals surface area (Å²) in [4.78, 5) is 28.6. The van der Waals surface area contributed by atoms with Gasteiger partial charge in [-0.2, -0.15) is 9.29 Å². The number of nitrogens with zero attached hydrogens (tertiary/aromatic N) is 5. The van der Waals surface area contributed by atoms with Crippen molar-refractivity contribution in [3.8, 4) is 34.5 Å². The van der Waals surface area contributed by atoms with E-state index in [1.165, 1.54) is 32.5 Å². The highest BCUT2D eigenvalue weighted by Crippen LogP contribution is 2.44. The van der Waals surface area contributed by atoms with Gasteiger partial charge in [0.1, 0.15) is 11.5 Å². The van der Waals surface area contributed by atoms with Crippen molar-refractivity contribution in [2.75, 3.05) is 18.5 Å². The molecule has 0 spiro atoms. The number of hydrogen-bond donors (Lipinski definition) is 2. The Bertz CT molecular complexity index is 1520. The molecule has 0 aliphatic rings. The molecule has 4 aromatic rings. The lowest BCUT2D eigenvalue weighted by Crippen LogP contribution is -2.23. The Kier molecular flexibility index (Phi) is 8.32. The van der Waals surface area contributed by atoms with Crippen LogP contribution in [0.3, 0.4) is 0 Å². The van der Waals surface area contributed by atoms with Crippen LogP contribution in [-0.4, -0.2) is 54.0 Å². The van der Waals surface area contributed by atoms with Crippen molar-refractivity contribution in [3.63, 3.8) is 0 Å². The van der Waals surface area contributed by atoms with E-state index in [-0.39, 0.29) is 52.0 Å². The number of benzene rings is 1. The molecule has 0 radical (unpaired) electrons. The highest BCUT2D eigenvalue weighted by atomic mass is 32.2. The molecule has 0 amide bonds. The molecule has 4 rings (SSSR count). The van der Waals surface area contributed by atoms with Crippen molar-refractivity contribution < 1.29 is 32.9 Å². The number of rotatable bonds is 10. The van der Waals surface area contributed by atoms with Gasteiger partial charge in [-0.1, -0.05) is 32.0 Å². The molecule has 0 bridgehead atoms. The van der Waals surface area contributed by atoms with Crippen LogP contribution in [0.1, 0.15) is 35.8 Å². The molecule has 0 saturated carbocycles. The van der Waals surface area contributed by atoms with Crippen molar-refractivity contribution in [2.45, 2.75) is 19.8 Å². The fourth-order valence-corrected chi connectivity index (χ4v) is 4.07. The van der Waals surface area contributed by atoms with E-state index in [0.29, 0.717) is 5.75 Å². The van der Waals surface area contributed by atoms with Crippen LogP contribution in [0.25, 0.3) is 11.4 Å². The zero-order valence-corrected chi connectivity index (χ0v) is 22.2. The third-order valence-electron chi connectivity index (χ3n) is 5.52. The van der Waals surface area contributed by atoms with Gasteiger partial charge in [0.2, 0.25) is 5.75 Å². The summed E-state index contributed by atoms with van der Waals surface area (Å²) >= 11 is -2.68. The number of methoxy groups -OCH3 is 2. The first-order valence-electron chi connectivity index (χ1n) is 11.6. The third kappa shape index (κ3) is 5.94. The molecular weight excluding hydrogens is 526 g/mol. The van der Waals surface area contributed by atoms with Gasteiger partial charge in [0.15, 0.2) is 23.1 Å². The Hall–Kier alpha value is -4.62. The monoisotopic (exact) mass is 551 g/mol. The summed E-state index contributed by atoms with van der Waals surface area (Å²) in [5.41, 5.74) is 0.962. The summed E-state index contributed by atoms with van der Waals surface area (Å²) in [7, 11) is 2.81. The van der Waals surface area contributed by atoms with E-state index in [1.54, 1.807) is 42.6 Å². The highest BCUT2D eigenvalue weighted by molar-refractivity contribution is 7.81. The van der Waals surface area contributed by atoms with Gasteiger partial charge in [-0.05, 0) is 41.8 Å². The molecule has 3 heterocycles. The Morgan fingerprint density at radius 1 is 1.00 bits per heavy atom. The predicted molar refractivity (Wildman–Crippen MR) is 143 cm³/mol. The number of aromatic carboxylic acids is 1. The third-order valence-corrected chi connectivity index (χ3v) is 6.19. The highest BCUT2D eigenvalue weighted by Gasteiger charge is 2.29. The predicted octanol–water partition coefficient (Wildman–Crippen LogP) is 4.84. The van der Waals surface area contributed by atoms with Gasteiger partial charge < -0.3 is 19.3 Å². The average Bonchev–Trinajstić information content (AvgIpc) is 2.94. The summed E-state index contributed by atoms with van der Waals surface area (Å²) in [5.74, 6) is -0.684. The van der Waals surface area contributed by atoms with Crippen molar-refractivity contribution in [3.05, 3.63) is 72.2 Å². The standard InChI is InChI=1S/C26H25N5O7S/c1-15(2)17-9-10-21(28-14-17)31(39(34)35)24-22(38-20-8-6-5-7-19(20)36-3)25(37-4)30-23(29-24)16-11-12-27-18(13-16)26(32)33/h5-15H,1-4H3,(H,32,33)(H,34,35). The largest absolute Gasteiger partial charge is 0.493 e. The molecule has 0 fully saturated rings. The maximum Gasteiger partial charge on any atom is 0.354 e. The summed E-state index contributed by atoms with van der Waals surface area (Å²) in [6, 6.07) is 12.9. The van der Waals surface area contributed by atoms with E-state index in [9.17, 15) is 18.7 Å². The molecule has 0 aliphatic heterocycles. The zero-order chi connectivity index (χ0) is 28.1. The number of ether oxygens (including phenoxy) is 3. The van der Waals surface area contributed by atoms with Gasteiger partial charge in [-0.25, -0.2) is 24.0 Å². The molecule has 12 nitrogen and oxygen atoms in total. The van der Waals surface area contributed by atoms with Gasteiger partial charge in [-0.3, -0.25) is 4.55 Å². The number of hydrogen-bond acceptors (Lipinski definition) is 9. The Morgan fingerprint density at radius 2 is 1.74 bits per heavy atom. The minimum absolute atomic E-state index is 0.00613. The molecule has 13 heteroatoms. The second kappa shape index (κ2) is 11.8. The van der Waals surface area contributed by atoms with E-state index in [1.807, 2.05) is 13.8 Å². The van der Waals surface area contributed by atoms with Crippen LogP contribution in [-0.2, 0) is 11.3 Å². The van der Waals surface area contributed by atoms with Crippen LogP contribution in [0.15, 0.2) is 60.9 Å². The van der Waals surface area contributed by atoms with Gasteiger partial charge in [0.05, 0.1) is 14.2 Å². The lowest BCUT2D eigenvalue weighted by Gasteiger charge is -2.23. The normalized spacial score (nSPS) is 11.6. The van der Waals surface area contributed by atoms with E-state index in [0.717, 1.165) is 9.87 Å². The zero-order valence-electron chi connectivity index (χ0n) is 21.4. The number of carboxylic acids is 1. The first-order valence-corrected chi connectivity index (χ1v) is 12.6. The topological polar surface area (TPSA) is 157 Å². The van der Waals surface area contributed by atoms with Gasteiger partial charge in [0.25, 0.3) is 17.1 Å². The van der Waals surface area contributed by atoms with Gasteiger partial charge in [-0.15, -0.1) is 0 Å². The summed E-state index contributed by atoms with van der Waals surface area (Å²) in [6.45, 7) is 4.00. The molecule has 202 valence electrons. The molecule has 39 heavy (non-hydrogen) atoms. The number of aromatic nitrogens is 4. The molecule has 3 aromatic heterocycles. The van der Waals surface area contributed by atoms with Crippen LogP contribution < -0.4 is 18.5 Å². The fourth-order valence-electron chi connectivity index (χ4n) is 3.53. The second-order valence-electron chi connectivity index (χ2n) is 8.33. The van der Waals surface area contributed by atoms with E-state index in [4.69, 9.17) is 14.2 Å². The summed E-state index contributed by atoms with van der Waals surface area (Å²) < 4.78 is 41.2. The SMILES string of the molecule is COc1ccccc1Oc1c(OC)nc(-c2ccnc(C(=O)O)c2)nc1N(c1ccc(C(C)C)cn1)S(=O)O. The molecule has 2 N–H and O–H groups in total. The number of pyridine rings is 2. The van der Waals surface area contributed by atoms with Crippen molar-refractivity contribution in [1.82, 2.24) is 19.9 Å². The van der Waals surface area contributed by atoms with Crippen LogP contribution in [0.2, 0.25) is 0 Å². The molecule has 1 unspecified atom stereocenters. The first-order chi connectivity index (χ1) is 18.7. The quantitative estimate of drug-likeness (QED) is 0.260. The van der Waals surface area contributed by atoms with Gasteiger partial charge >= 0.3 is 5.97 Å². The summed E-state index contributed by atoms with van der Waals surface area (Å²) in [6.07, 6.45) is 2.89. The van der Waals surface area contributed by atoms with Crippen molar-refractivity contribution in [2.24, 2.45) is 0 Å². The van der Waals surface area contributed by atoms with E-state index in [2.05, 4.69) is 19.9 Å². The van der Waals surface area contributed by atoms with E-state index >= 15 is 0 Å². The maximum absolute atomic E-state index is 12.8. The van der Waals surface area contributed by atoms with Crippen LogP contribution in [0, 0.1) is 0 Å². The first kappa shape index (κ1) is 27.4. The fraction of sp³-hybridized carbons (Fsp3) is 0.192. The Labute approximate surface area is 226 Å². The van der Waals surface area contributed by atoms with Gasteiger partial charge in [0, 0.05) is 18.0 Å². The smallest absolute Gasteiger partial charge is 0.354 e. The van der Waals surface area contributed by atoms with E-state index < -0.39 is 17.2 Å². The number of para-hydroxylation sites is 2. The summed E-state index contributed by atoms with van der Waals surface area (Å²) in [5, 5.41) is 9.39. The lowest BCUT2D eigenvalue weighted by atomic mass is 10.1. The maximum atomic E-state index is 12.8. The molecule has 1 aromatic carbocycles. The molecule has 0 saturated heterocycles. The minimum atomic E-state index is -2.68. The average molecular weight is 552 g/mol. The number of carbonyl (C=O) groups is 1. The Balaban J connectivity index is 1.97. The number of carboxylic acid groups (broad SMARTS) is 1. The molecular formula is C26H25N5O7S. The molecule has 1 atom stereocenters. The molecule has 0 aliphatic carbocycles. The second-order valence-corrected chi connectivity index (χ2v) is 9.15. The lowest BCUT2D eigenvalue weighted by molar-refractivity contribution is 0.0690. The minimum Gasteiger partial charge on any atom is -0.493 e. The van der Waals surface area contributed by atoms with Crippen LogP contribution >= 0.6 is 0 Å². The van der Waals surface area contributed by atoms with Crippen molar-refractivity contribution in [1.29, 1.82) is 0 Å².